The van der Waals surface area contributed by atoms with Crippen LogP contribution in [0, 0.1) is 0 Å². The van der Waals surface area contributed by atoms with E-state index in [1.807, 2.05) is 0 Å². The molecule has 0 rings (SSSR count). The molecule has 0 aromatic rings. The number of hydrogen-bond acceptors (Lipinski definition) is 5. The summed E-state index contributed by atoms with van der Waals surface area (Å²) in [5.74, 6) is -0.0719. The van der Waals surface area contributed by atoms with Crippen molar-refractivity contribution in [3.63, 3.8) is 0 Å². The van der Waals surface area contributed by atoms with Gasteiger partial charge in [0.1, 0.15) is 0 Å². The maximum atomic E-state index is 12.4. The molecule has 55 heavy (non-hydrogen) atoms. The molecule has 0 aliphatic carbocycles. The van der Waals surface area contributed by atoms with Gasteiger partial charge in [-0.1, -0.05) is 205 Å². The molecule has 0 saturated heterocycles. The Balaban J connectivity index is 3.44. The summed E-state index contributed by atoms with van der Waals surface area (Å²) in [6, 6.07) is -0.551. The number of esters is 1. The van der Waals surface area contributed by atoms with Crippen molar-refractivity contribution in [2.75, 3.05) is 13.2 Å². The van der Waals surface area contributed by atoms with Gasteiger partial charge in [-0.15, -0.1) is 0 Å². The number of rotatable bonds is 44. The average molecular weight is 776 g/mol. The second-order valence-electron chi connectivity index (χ2n) is 16.4. The van der Waals surface area contributed by atoms with Crippen molar-refractivity contribution in [3.8, 4) is 0 Å². The summed E-state index contributed by atoms with van der Waals surface area (Å²) < 4.78 is 5.46. The Hall–Kier alpha value is -1.66. The Morgan fingerprint density at radius 3 is 1.42 bits per heavy atom. The minimum absolute atomic E-state index is 0.0177. The fourth-order valence-electron chi connectivity index (χ4n) is 7.26. The van der Waals surface area contributed by atoms with Crippen molar-refractivity contribution in [1.29, 1.82) is 0 Å². The molecule has 324 valence electrons. The summed E-state index contributed by atoms with van der Waals surface area (Å²) in [5, 5.41) is 23.0. The van der Waals surface area contributed by atoms with Gasteiger partial charge in [-0.05, 0) is 57.8 Å². The zero-order valence-electron chi connectivity index (χ0n) is 36.7. The summed E-state index contributed by atoms with van der Waals surface area (Å²) in [4.78, 5) is 24.4. The number of aliphatic hydroxyl groups excluding tert-OH is 2. The van der Waals surface area contributed by atoms with Crippen LogP contribution in [0.1, 0.15) is 251 Å². The Kier molecular flexibility index (Phi) is 43.7. The average Bonchev–Trinajstić information content (AvgIpc) is 3.18. The molecule has 0 bridgehead atoms. The van der Waals surface area contributed by atoms with Crippen molar-refractivity contribution in [2.24, 2.45) is 0 Å². The molecule has 3 N–H and O–H groups in total. The van der Waals surface area contributed by atoms with Crippen LogP contribution >= 0.6 is 0 Å². The standard InChI is InChI=1S/C49H93NO5/c1-3-5-7-9-11-13-14-15-16-17-18-19-23-27-31-35-39-43-49(54)55-44-40-36-32-28-24-21-20-22-26-30-34-38-42-48(53)50-46(45-51)47(52)41-37-33-29-25-12-10-8-6-4-2/h11,13,15-16,46-47,51-52H,3-10,12,14,17-45H2,1-2H3,(H,50,53)/b13-11-,16-15-. The molecule has 2 unspecified atom stereocenters. The van der Waals surface area contributed by atoms with Gasteiger partial charge in [0.05, 0.1) is 25.4 Å². The predicted octanol–water partition coefficient (Wildman–Crippen LogP) is 14.0. The van der Waals surface area contributed by atoms with Gasteiger partial charge >= 0.3 is 5.97 Å². The van der Waals surface area contributed by atoms with E-state index in [4.69, 9.17) is 4.74 Å². The van der Waals surface area contributed by atoms with Gasteiger partial charge in [0.2, 0.25) is 5.91 Å². The molecular formula is C49H93NO5. The van der Waals surface area contributed by atoms with E-state index < -0.39 is 12.1 Å². The van der Waals surface area contributed by atoms with E-state index in [2.05, 4.69) is 43.5 Å². The first-order valence-electron chi connectivity index (χ1n) is 24.1. The van der Waals surface area contributed by atoms with Crippen LogP contribution < -0.4 is 5.32 Å². The minimum atomic E-state index is -0.672. The number of carbonyl (C=O) groups excluding carboxylic acids is 2. The van der Waals surface area contributed by atoms with Crippen LogP contribution in [0.25, 0.3) is 0 Å². The monoisotopic (exact) mass is 776 g/mol. The number of carbonyl (C=O) groups is 2. The number of amides is 1. The predicted molar refractivity (Wildman–Crippen MR) is 236 cm³/mol. The molecule has 0 saturated carbocycles. The lowest BCUT2D eigenvalue weighted by molar-refractivity contribution is -0.143. The lowest BCUT2D eigenvalue weighted by Gasteiger charge is -2.22. The lowest BCUT2D eigenvalue weighted by Crippen LogP contribution is -2.45. The van der Waals surface area contributed by atoms with E-state index >= 15 is 0 Å². The molecule has 2 atom stereocenters. The molecule has 6 heteroatoms. The first-order valence-corrected chi connectivity index (χ1v) is 24.1. The summed E-state index contributed by atoms with van der Waals surface area (Å²) in [6.45, 7) is 4.86. The molecule has 0 heterocycles. The van der Waals surface area contributed by atoms with Crippen LogP contribution in [0.2, 0.25) is 0 Å². The molecule has 1 amide bonds. The summed E-state index contributed by atoms with van der Waals surface area (Å²) >= 11 is 0. The molecule has 0 fully saturated rings. The highest BCUT2D eigenvalue weighted by Crippen LogP contribution is 2.15. The van der Waals surface area contributed by atoms with Gasteiger partial charge < -0.3 is 20.3 Å². The van der Waals surface area contributed by atoms with Crippen molar-refractivity contribution in [2.45, 2.75) is 264 Å². The van der Waals surface area contributed by atoms with E-state index in [0.29, 0.717) is 25.9 Å². The van der Waals surface area contributed by atoms with Crippen molar-refractivity contribution in [1.82, 2.24) is 5.32 Å². The van der Waals surface area contributed by atoms with Crippen LogP contribution in [0.5, 0.6) is 0 Å². The highest BCUT2D eigenvalue weighted by Gasteiger charge is 2.20. The van der Waals surface area contributed by atoms with Crippen molar-refractivity contribution in [3.05, 3.63) is 24.3 Å². The number of allylic oxidation sites excluding steroid dienone is 4. The number of unbranched alkanes of at least 4 members (excludes halogenated alkanes) is 29. The van der Waals surface area contributed by atoms with Crippen molar-refractivity contribution >= 4 is 11.9 Å². The molecule has 6 nitrogen and oxygen atoms in total. The van der Waals surface area contributed by atoms with Crippen LogP contribution in [-0.2, 0) is 14.3 Å². The van der Waals surface area contributed by atoms with Gasteiger partial charge in [-0.3, -0.25) is 9.59 Å². The Bertz CT molecular complexity index is 858. The third kappa shape index (κ3) is 41.8. The maximum Gasteiger partial charge on any atom is 0.305 e. The number of aliphatic hydroxyl groups is 2. The van der Waals surface area contributed by atoms with E-state index in [0.717, 1.165) is 64.2 Å². The maximum absolute atomic E-state index is 12.4. The third-order valence-electron chi connectivity index (χ3n) is 11.0. The first-order chi connectivity index (χ1) is 27.0. The highest BCUT2D eigenvalue weighted by molar-refractivity contribution is 5.76. The molecule has 0 aliphatic heterocycles. The molecular weight excluding hydrogens is 683 g/mol. The van der Waals surface area contributed by atoms with E-state index in [1.165, 1.54) is 154 Å². The van der Waals surface area contributed by atoms with E-state index in [-0.39, 0.29) is 18.5 Å². The normalized spacial score (nSPS) is 12.9. The topological polar surface area (TPSA) is 95.9 Å². The summed E-state index contributed by atoms with van der Waals surface area (Å²) in [7, 11) is 0. The SMILES string of the molecule is CCCCC/C=C\C/C=C\CCCCCCCCCC(=O)OCCCCCCCCCCCCCCC(=O)NC(CO)C(O)CCCCCCCCCCC. The largest absolute Gasteiger partial charge is 0.466 e. The van der Waals surface area contributed by atoms with Crippen LogP contribution in [0.4, 0.5) is 0 Å². The molecule has 0 spiro atoms. The molecule has 0 aromatic carbocycles. The van der Waals surface area contributed by atoms with Crippen LogP contribution in [-0.4, -0.2) is 47.4 Å². The van der Waals surface area contributed by atoms with Crippen LogP contribution in [0.3, 0.4) is 0 Å². The minimum Gasteiger partial charge on any atom is -0.466 e. The highest BCUT2D eigenvalue weighted by atomic mass is 16.5. The second-order valence-corrected chi connectivity index (χ2v) is 16.4. The fourth-order valence-corrected chi connectivity index (χ4v) is 7.26. The van der Waals surface area contributed by atoms with Gasteiger partial charge in [0.15, 0.2) is 0 Å². The summed E-state index contributed by atoms with van der Waals surface area (Å²) in [6.07, 6.45) is 51.4. The van der Waals surface area contributed by atoms with Crippen LogP contribution in [0.15, 0.2) is 24.3 Å². The Morgan fingerprint density at radius 1 is 0.509 bits per heavy atom. The fraction of sp³-hybridized carbons (Fsp3) is 0.878. The molecule has 0 aliphatic rings. The zero-order valence-corrected chi connectivity index (χ0v) is 36.7. The third-order valence-corrected chi connectivity index (χ3v) is 11.0. The van der Waals surface area contributed by atoms with Gasteiger partial charge in [-0.2, -0.15) is 0 Å². The lowest BCUT2D eigenvalue weighted by atomic mass is 10.0. The number of nitrogens with one attached hydrogen (secondary N) is 1. The van der Waals surface area contributed by atoms with Gasteiger partial charge in [-0.25, -0.2) is 0 Å². The van der Waals surface area contributed by atoms with Crippen molar-refractivity contribution < 1.29 is 24.5 Å². The Labute approximate surface area is 341 Å². The second kappa shape index (κ2) is 45.0. The smallest absolute Gasteiger partial charge is 0.305 e. The van der Waals surface area contributed by atoms with E-state index in [1.54, 1.807) is 0 Å². The molecule has 0 radical (unpaired) electrons. The summed E-state index contributed by atoms with van der Waals surface area (Å²) in [5.41, 5.74) is 0. The first kappa shape index (κ1) is 53.3. The zero-order chi connectivity index (χ0) is 40.1. The van der Waals surface area contributed by atoms with E-state index in [9.17, 15) is 19.8 Å². The molecule has 0 aromatic heterocycles. The Morgan fingerprint density at radius 2 is 0.909 bits per heavy atom. The number of ether oxygens (including phenoxy) is 1. The van der Waals surface area contributed by atoms with Gasteiger partial charge in [0, 0.05) is 12.8 Å². The van der Waals surface area contributed by atoms with Gasteiger partial charge in [0.25, 0.3) is 0 Å². The number of hydrogen-bond donors (Lipinski definition) is 3. The quantitative estimate of drug-likeness (QED) is 0.0325.